The van der Waals surface area contributed by atoms with Crippen LogP contribution in [-0.4, -0.2) is 40.9 Å². The molecule has 1 aliphatic heterocycles. The second-order valence-corrected chi connectivity index (χ2v) is 6.56. The van der Waals surface area contributed by atoms with Crippen LogP contribution in [0.4, 0.5) is 14.5 Å². The molecule has 8 heteroatoms. The highest BCUT2D eigenvalue weighted by Crippen LogP contribution is 2.20. The lowest BCUT2D eigenvalue weighted by Gasteiger charge is -2.30. The van der Waals surface area contributed by atoms with E-state index in [0.717, 1.165) is 18.2 Å². The molecule has 0 unspecified atom stereocenters. The average molecular weight is 388 g/mol. The number of carboxylic acid groups (broad SMARTS) is 1. The zero-order chi connectivity index (χ0) is 20.3. The molecule has 1 fully saturated rings. The molecular formula is C20H18F2N2O4. The van der Waals surface area contributed by atoms with Crippen LogP contribution in [0.15, 0.2) is 42.5 Å². The molecule has 2 aromatic carbocycles. The highest BCUT2D eigenvalue weighted by atomic mass is 19.1. The summed E-state index contributed by atoms with van der Waals surface area (Å²) in [4.78, 5) is 37.2. The maximum absolute atomic E-state index is 13.7. The summed E-state index contributed by atoms with van der Waals surface area (Å²) in [7, 11) is 0. The largest absolute Gasteiger partial charge is 0.481 e. The summed E-state index contributed by atoms with van der Waals surface area (Å²) in [5.74, 6) is -3.86. The molecule has 2 aromatic rings. The van der Waals surface area contributed by atoms with E-state index in [9.17, 15) is 23.2 Å². The van der Waals surface area contributed by atoms with Crippen molar-refractivity contribution in [2.24, 2.45) is 5.92 Å². The SMILES string of the molecule is O=C(Nc1ccc(C(=O)N2CCC(C(=O)O)CC2)cc1)c1cc(F)ccc1F. The molecule has 0 radical (unpaired) electrons. The standard InChI is InChI=1S/C20H18F2N2O4/c21-14-3-6-17(22)16(11-14)18(25)23-15-4-1-12(2-5-15)19(26)24-9-7-13(8-10-24)20(27)28/h1-6,11,13H,7-10H2,(H,23,25)(H,27,28). The fourth-order valence-electron chi connectivity index (χ4n) is 3.08. The Bertz CT molecular complexity index is 907. The van der Waals surface area contributed by atoms with E-state index in [-0.39, 0.29) is 5.91 Å². The van der Waals surface area contributed by atoms with Gasteiger partial charge >= 0.3 is 5.97 Å². The fraction of sp³-hybridized carbons (Fsp3) is 0.250. The number of nitrogens with zero attached hydrogens (tertiary/aromatic N) is 1. The number of rotatable bonds is 4. The van der Waals surface area contributed by atoms with Gasteiger partial charge in [0.25, 0.3) is 11.8 Å². The van der Waals surface area contributed by atoms with E-state index in [2.05, 4.69) is 5.32 Å². The molecule has 2 N–H and O–H groups in total. The van der Waals surface area contributed by atoms with Gasteiger partial charge in [-0.3, -0.25) is 14.4 Å². The predicted octanol–water partition coefficient (Wildman–Crippen LogP) is 3.15. The van der Waals surface area contributed by atoms with E-state index < -0.39 is 35.0 Å². The monoisotopic (exact) mass is 388 g/mol. The van der Waals surface area contributed by atoms with Crippen molar-refractivity contribution in [1.82, 2.24) is 4.90 Å². The molecule has 0 aliphatic carbocycles. The lowest BCUT2D eigenvalue weighted by atomic mass is 9.96. The van der Waals surface area contributed by atoms with Crippen LogP contribution in [0.1, 0.15) is 33.6 Å². The Labute approximate surface area is 159 Å². The number of aliphatic carboxylic acids is 1. The Morgan fingerprint density at radius 3 is 2.25 bits per heavy atom. The molecule has 1 heterocycles. The summed E-state index contributed by atoms with van der Waals surface area (Å²) in [5, 5.41) is 11.5. The zero-order valence-electron chi connectivity index (χ0n) is 14.8. The van der Waals surface area contributed by atoms with Gasteiger partial charge in [-0.05, 0) is 55.3 Å². The second kappa shape index (κ2) is 8.16. The quantitative estimate of drug-likeness (QED) is 0.842. The summed E-state index contributed by atoms with van der Waals surface area (Å²) in [6.07, 6.45) is 0.822. The lowest BCUT2D eigenvalue weighted by molar-refractivity contribution is -0.143. The van der Waals surface area contributed by atoms with Gasteiger partial charge in [0.1, 0.15) is 11.6 Å². The molecule has 1 saturated heterocycles. The summed E-state index contributed by atoms with van der Waals surface area (Å²) in [6.45, 7) is 0.736. The van der Waals surface area contributed by atoms with Gasteiger partial charge < -0.3 is 15.3 Å². The van der Waals surface area contributed by atoms with Gasteiger partial charge in [-0.15, -0.1) is 0 Å². The molecule has 146 valence electrons. The van der Waals surface area contributed by atoms with Crippen molar-refractivity contribution in [1.29, 1.82) is 0 Å². The number of piperidine rings is 1. The van der Waals surface area contributed by atoms with Crippen molar-refractivity contribution in [2.45, 2.75) is 12.8 Å². The van der Waals surface area contributed by atoms with Crippen LogP contribution in [0.2, 0.25) is 0 Å². The molecule has 0 saturated carbocycles. The number of carbonyl (C=O) groups is 3. The van der Waals surface area contributed by atoms with E-state index in [1.165, 1.54) is 24.3 Å². The van der Waals surface area contributed by atoms with Gasteiger partial charge in [0, 0.05) is 24.3 Å². The van der Waals surface area contributed by atoms with Gasteiger partial charge in [-0.1, -0.05) is 0 Å². The molecule has 28 heavy (non-hydrogen) atoms. The molecule has 0 bridgehead atoms. The smallest absolute Gasteiger partial charge is 0.306 e. The van der Waals surface area contributed by atoms with Crippen LogP contribution in [0.3, 0.4) is 0 Å². The Kier molecular flexibility index (Phi) is 5.67. The Morgan fingerprint density at radius 2 is 1.64 bits per heavy atom. The molecular weight excluding hydrogens is 370 g/mol. The van der Waals surface area contributed by atoms with E-state index in [1.54, 1.807) is 4.90 Å². The number of carboxylic acids is 1. The first-order valence-electron chi connectivity index (χ1n) is 8.73. The van der Waals surface area contributed by atoms with Gasteiger partial charge in [0.2, 0.25) is 0 Å². The molecule has 2 amide bonds. The first kappa shape index (κ1) is 19.5. The third-order valence-electron chi connectivity index (χ3n) is 4.69. The van der Waals surface area contributed by atoms with Crippen LogP contribution < -0.4 is 5.32 Å². The Hall–Kier alpha value is -3.29. The third kappa shape index (κ3) is 4.33. The van der Waals surface area contributed by atoms with Crippen LogP contribution >= 0.6 is 0 Å². The number of hydrogen-bond acceptors (Lipinski definition) is 3. The van der Waals surface area contributed by atoms with Gasteiger partial charge in [0.15, 0.2) is 0 Å². The van der Waals surface area contributed by atoms with Crippen molar-refractivity contribution < 1.29 is 28.3 Å². The molecule has 3 rings (SSSR count). The minimum atomic E-state index is -0.845. The number of hydrogen-bond donors (Lipinski definition) is 2. The highest BCUT2D eigenvalue weighted by molar-refractivity contribution is 6.04. The second-order valence-electron chi connectivity index (χ2n) is 6.56. The van der Waals surface area contributed by atoms with Gasteiger partial charge in [-0.25, -0.2) is 8.78 Å². The summed E-state index contributed by atoms with van der Waals surface area (Å²) >= 11 is 0. The first-order valence-corrected chi connectivity index (χ1v) is 8.73. The van der Waals surface area contributed by atoms with Crippen LogP contribution in [-0.2, 0) is 4.79 Å². The fourth-order valence-corrected chi connectivity index (χ4v) is 3.08. The number of anilines is 1. The predicted molar refractivity (Wildman–Crippen MR) is 97.0 cm³/mol. The van der Waals surface area contributed by atoms with Crippen LogP contribution in [0.5, 0.6) is 0 Å². The summed E-state index contributed by atoms with van der Waals surface area (Å²) in [6, 6.07) is 8.62. The van der Waals surface area contributed by atoms with Crippen molar-refractivity contribution in [2.75, 3.05) is 18.4 Å². The summed E-state index contributed by atoms with van der Waals surface area (Å²) < 4.78 is 26.9. The van der Waals surface area contributed by atoms with Crippen LogP contribution in [0.25, 0.3) is 0 Å². The minimum Gasteiger partial charge on any atom is -0.481 e. The van der Waals surface area contributed by atoms with Crippen molar-refractivity contribution in [3.63, 3.8) is 0 Å². The average Bonchev–Trinajstić information content (AvgIpc) is 2.70. The first-order chi connectivity index (χ1) is 13.3. The molecule has 0 spiro atoms. The Balaban J connectivity index is 1.63. The number of benzene rings is 2. The van der Waals surface area contributed by atoms with E-state index in [0.29, 0.717) is 37.2 Å². The Morgan fingerprint density at radius 1 is 1.00 bits per heavy atom. The maximum atomic E-state index is 13.7. The van der Waals surface area contributed by atoms with Crippen LogP contribution in [0, 0.1) is 17.6 Å². The number of likely N-dealkylation sites (tertiary alicyclic amines) is 1. The van der Waals surface area contributed by atoms with Gasteiger partial charge in [-0.2, -0.15) is 0 Å². The third-order valence-corrected chi connectivity index (χ3v) is 4.69. The van der Waals surface area contributed by atoms with E-state index >= 15 is 0 Å². The zero-order valence-corrected chi connectivity index (χ0v) is 14.8. The topological polar surface area (TPSA) is 86.7 Å². The van der Waals surface area contributed by atoms with E-state index in [4.69, 9.17) is 5.11 Å². The maximum Gasteiger partial charge on any atom is 0.306 e. The minimum absolute atomic E-state index is 0.224. The van der Waals surface area contributed by atoms with Crippen molar-refractivity contribution in [3.8, 4) is 0 Å². The normalized spacial score (nSPS) is 14.6. The number of nitrogens with one attached hydrogen (secondary N) is 1. The molecule has 6 nitrogen and oxygen atoms in total. The highest BCUT2D eigenvalue weighted by Gasteiger charge is 2.27. The number of carbonyl (C=O) groups excluding carboxylic acids is 2. The number of amides is 2. The molecule has 0 atom stereocenters. The van der Waals surface area contributed by atoms with E-state index in [1.807, 2.05) is 0 Å². The molecule has 1 aliphatic rings. The van der Waals surface area contributed by atoms with Crippen molar-refractivity contribution >= 4 is 23.5 Å². The molecule has 0 aromatic heterocycles. The lowest BCUT2D eigenvalue weighted by Crippen LogP contribution is -2.40. The van der Waals surface area contributed by atoms with Gasteiger partial charge in [0.05, 0.1) is 11.5 Å². The number of halogens is 2. The van der Waals surface area contributed by atoms with Crippen molar-refractivity contribution in [3.05, 3.63) is 65.2 Å². The summed E-state index contributed by atoms with van der Waals surface area (Å²) in [5.41, 5.74) is 0.306.